The van der Waals surface area contributed by atoms with E-state index >= 15 is 0 Å². The van der Waals surface area contributed by atoms with Gasteiger partial charge >= 0.3 is 0 Å². The molecule has 3 fully saturated rings. The molecule has 2 aliphatic heterocycles. The van der Waals surface area contributed by atoms with Crippen LogP contribution in [0.4, 0.5) is 17.3 Å². The van der Waals surface area contributed by atoms with Crippen LogP contribution in [0.15, 0.2) is 36.7 Å². The first-order chi connectivity index (χ1) is 18.1. The molecule has 1 aliphatic carbocycles. The number of benzene rings is 1. The van der Waals surface area contributed by atoms with Crippen molar-refractivity contribution < 1.29 is 8.42 Å². The van der Waals surface area contributed by atoms with Crippen molar-refractivity contribution in [3.05, 3.63) is 48.0 Å². The minimum Gasteiger partial charge on any atom is -0.368 e. The van der Waals surface area contributed by atoms with Gasteiger partial charge in [0.05, 0.1) is 5.75 Å². The van der Waals surface area contributed by atoms with Gasteiger partial charge in [0.1, 0.15) is 27.3 Å². The van der Waals surface area contributed by atoms with Crippen LogP contribution in [0, 0.1) is 5.92 Å². The largest absolute Gasteiger partial charge is 0.368 e. The van der Waals surface area contributed by atoms with Crippen molar-refractivity contribution in [2.45, 2.75) is 69.9 Å². The number of nitrogens with one attached hydrogen (secondary N) is 2. The molecule has 2 N–H and O–H groups in total. The third kappa shape index (κ3) is 4.98. The van der Waals surface area contributed by atoms with Crippen LogP contribution in [-0.4, -0.2) is 60.0 Å². The minimum atomic E-state index is -2.99. The summed E-state index contributed by atoms with van der Waals surface area (Å²) < 4.78 is 23.7. The molecule has 2 aromatic heterocycles. The molecule has 9 heteroatoms. The maximum absolute atomic E-state index is 11.8. The Kier molecular flexibility index (Phi) is 6.34. The lowest BCUT2D eigenvalue weighted by Gasteiger charge is -2.48. The lowest BCUT2D eigenvalue weighted by molar-refractivity contribution is 0.337. The van der Waals surface area contributed by atoms with Crippen molar-refractivity contribution in [2.75, 3.05) is 35.3 Å². The number of rotatable bonds is 7. The highest BCUT2D eigenvalue weighted by molar-refractivity contribution is 7.90. The van der Waals surface area contributed by atoms with E-state index in [-0.39, 0.29) is 17.7 Å². The number of hydrogen-bond acceptors (Lipinski definition) is 8. The predicted octanol–water partition coefficient (Wildman–Crippen LogP) is 4.76. The van der Waals surface area contributed by atoms with Crippen LogP contribution in [0.2, 0.25) is 0 Å². The van der Waals surface area contributed by atoms with Crippen molar-refractivity contribution in [1.82, 2.24) is 20.3 Å². The molecule has 3 aliphatic rings. The van der Waals surface area contributed by atoms with Gasteiger partial charge in [0.25, 0.3) is 0 Å². The van der Waals surface area contributed by atoms with E-state index in [1.54, 1.807) is 0 Å². The molecule has 1 saturated carbocycles. The van der Waals surface area contributed by atoms with Crippen LogP contribution < -0.4 is 15.5 Å². The molecule has 202 valence electrons. The zero-order valence-corrected chi connectivity index (χ0v) is 23.6. The number of nitrogens with zero attached hydrogens (tertiary/aromatic N) is 4. The van der Waals surface area contributed by atoms with Gasteiger partial charge in [-0.1, -0.05) is 19.9 Å². The van der Waals surface area contributed by atoms with Gasteiger partial charge in [-0.2, -0.15) is 0 Å². The van der Waals surface area contributed by atoms with Gasteiger partial charge in [-0.3, -0.25) is 0 Å². The number of fused-ring (bicyclic) bond motifs is 1. The first-order valence-corrected chi connectivity index (χ1v) is 15.9. The van der Waals surface area contributed by atoms with E-state index in [9.17, 15) is 8.42 Å². The molecule has 3 atom stereocenters. The average molecular weight is 535 g/mol. The smallest absolute Gasteiger partial charge is 0.147 e. The first-order valence-electron chi connectivity index (χ1n) is 13.8. The monoisotopic (exact) mass is 534 g/mol. The summed E-state index contributed by atoms with van der Waals surface area (Å²) in [5.74, 6) is 3.59. The average Bonchev–Trinajstić information content (AvgIpc) is 3.63. The number of anilines is 3. The SMILES string of the molecule is CC(C)c1ccc(N2C[C@H](CS(C)(=O)=O)[C@H]2C)c2cnc(Nc3ccnc([C@H]4CCNC5(CC5)C4)n3)cc12. The molecule has 38 heavy (non-hydrogen) atoms. The summed E-state index contributed by atoms with van der Waals surface area (Å²) in [5.41, 5.74) is 2.71. The Morgan fingerprint density at radius 1 is 1.16 bits per heavy atom. The second kappa shape index (κ2) is 9.45. The Morgan fingerprint density at radius 3 is 2.68 bits per heavy atom. The Hall–Kier alpha value is -2.78. The summed E-state index contributed by atoms with van der Waals surface area (Å²) >= 11 is 0. The van der Waals surface area contributed by atoms with Crippen molar-refractivity contribution in [2.24, 2.45) is 5.92 Å². The van der Waals surface area contributed by atoms with Gasteiger partial charge < -0.3 is 15.5 Å². The zero-order chi connectivity index (χ0) is 26.7. The Bertz CT molecular complexity index is 1470. The number of pyridine rings is 1. The van der Waals surface area contributed by atoms with Crippen molar-refractivity contribution in [1.29, 1.82) is 0 Å². The molecule has 0 amide bonds. The van der Waals surface area contributed by atoms with Crippen LogP contribution >= 0.6 is 0 Å². The van der Waals surface area contributed by atoms with Crippen molar-refractivity contribution in [3.8, 4) is 0 Å². The highest BCUT2D eigenvalue weighted by atomic mass is 32.2. The number of aromatic nitrogens is 3. The molecule has 0 radical (unpaired) electrons. The van der Waals surface area contributed by atoms with E-state index in [0.717, 1.165) is 59.9 Å². The van der Waals surface area contributed by atoms with E-state index in [4.69, 9.17) is 9.97 Å². The quantitative estimate of drug-likeness (QED) is 0.448. The minimum absolute atomic E-state index is 0.153. The number of sulfone groups is 1. The van der Waals surface area contributed by atoms with E-state index in [1.165, 1.54) is 24.7 Å². The van der Waals surface area contributed by atoms with Gasteiger partial charge in [-0.15, -0.1) is 0 Å². The van der Waals surface area contributed by atoms with Crippen LogP contribution in [0.3, 0.4) is 0 Å². The Morgan fingerprint density at radius 2 is 1.97 bits per heavy atom. The summed E-state index contributed by atoms with van der Waals surface area (Å²) in [6, 6.07) is 8.57. The van der Waals surface area contributed by atoms with Gasteiger partial charge in [0, 0.05) is 59.7 Å². The normalized spacial score (nSPS) is 24.6. The lowest BCUT2D eigenvalue weighted by atomic mass is 9.88. The van der Waals surface area contributed by atoms with Crippen LogP contribution in [-0.2, 0) is 9.84 Å². The molecule has 0 unspecified atom stereocenters. The maximum atomic E-state index is 11.8. The second-order valence-electron chi connectivity index (χ2n) is 12.0. The van der Waals surface area contributed by atoms with Gasteiger partial charge in [-0.25, -0.2) is 23.4 Å². The fourth-order valence-corrected chi connectivity index (χ4v) is 7.50. The summed E-state index contributed by atoms with van der Waals surface area (Å²) in [5, 5.41) is 9.38. The second-order valence-corrected chi connectivity index (χ2v) is 14.2. The van der Waals surface area contributed by atoms with Crippen molar-refractivity contribution in [3.63, 3.8) is 0 Å². The predicted molar refractivity (Wildman–Crippen MR) is 153 cm³/mol. The Balaban J connectivity index is 1.27. The topological polar surface area (TPSA) is 100 Å². The maximum Gasteiger partial charge on any atom is 0.147 e. The van der Waals surface area contributed by atoms with Crippen molar-refractivity contribution >= 4 is 37.9 Å². The number of piperidine rings is 1. The Labute approximate surface area is 225 Å². The third-order valence-electron chi connectivity index (χ3n) is 8.74. The molecule has 2 saturated heterocycles. The number of hydrogen-bond donors (Lipinski definition) is 2. The van der Waals surface area contributed by atoms with E-state index in [0.29, 0.717) is 17.4 Å². The van der Waals surface area contributed by atoms with E-state index in [2.05, 4.69) is 59.5 Å². The summed E-state index contributed by atoms with van der Waals surface area (Å²) in [6.07, 6.45) is 9.83. The van der Waals surface area contributed by atoms with Gasteiger partial charge in [-0.05, 0) is 74.2 Å². The lowest BCUT2D eigenvalue weighted by Crippen LogP contribution is -2.57. The van der Waals surface area contributed by atoms with Gasteiger partial charge in [0.2, 0.25) is 0 Å². The molecule has 3 aromatic rings. The summed E-state index contributed by atoms with van der Waals surface area (Å²) in [7, 11) is -2.99. The molecule has 0 bridgehead atoms. The van der Waals surface area contributed by atoms with Gasteiger partial charge in [0.15, 0.2) is 0 Å². The molecule has 1 spiro atoms. The molecule has 8 nitrogen and oxygen atoms in total. The highest BCUT2D eigenvalue weighted by Gasteiger charge is 2.46. The standard InChI is InChI=1S/C29H38N6O2S/c1-18(2)22-5-6-25(35-16-21(19(35)3)17-38(4,36)37)24-15-31-27(13-23(22)24)33-26-8-11-30-28(34-26)20-7-12-32-29(14-20)9-10-29/h5-6,8,11,13,15,18-21,32H,7,9-10,12,14,16-17H2,1-4H3,(H,30,31,33,34)/t19-,20+,21-/m1/s1. The van der Waals surface area contributed by atoms with E-state index < -0.39 is 9.84 Å². The fourth-order valence-electron chi connectivity index (χ4n) is 6.34. The fraction of sp³-hybridized carbons (Fsp3) is 0.552. The molecule has 1 aromatic carbocycles. The van der Waals surface area contributed by atoms with Crippen LogP contribution in [0.1, 0.15) is 69.7 Å². The molecular weight excluding hydrogens is 496 g/mol. The molecule has 6 rings (SSSR count). The molecular formula is C29H38N6O2S. The third-order valence-corrected chi connectivity index (χ3v) is 9.78. The van der Waals surface area contributed by atoms with Crippen LogP contribution in [0.25, 0.3) is 10.8 Å². The molecule has 4 heterocycles. The first kappa shape index (κ1) is 25.5. The zero-order valence-electron chi connectivity index (χ0n) is 22.7. The highest BCUT2D eigenvalue weighted by Crippen LogP contribution is 2.46. The van der Waals surface area contributed by atoms with Crippen LogP contribution in [0.5, 0.6) is 0 Å². The summed E-state index contributed by atoms with van der Waals surface area (Å²) in [6.45, 7) is 8.30. The van der Waals surface area contributed by atoms with E-state index in [1.807, 2.05) is 18.5 Å². The summed E-state index contributed by atoms with van der Waals surface area (Å²) in [4.78, 5) is 16.6.